The van der Waals surface area contributed by atoms with E-state index >= 15 is 0 Å². The van der Waals surface area contributed by atoms with Crippen LogP contribution in [0.3, 0.4) is 0 Å². The first-order valence-electron chi connectivity index (χ1n) is 5.76. The number of hydrogen-bond donors (Lipinski definition) is 2. The summed E-state index contributed by atoms with van der Waals surface area (Å²) in [7, 11) is 0. The molecule has 0 saturated carbocycles. The van der Waals surface area contributed by atoms with Crippen LogP contribution in [0.15, 0.2) is 0 Å². The van der Waals surface area contributed by atoms with Crippen molar-refractivity contribution in [1.29, 1.82) is 0 Å². The van der Waals surface area contributed by atoms with Gasteiger partial charge in [0, 0.05) is 13.1 Å². The molecule has 0 rings (SSSR count). The molecule has 88 valence electrons. The minimum Gasteiger partial charge on any atom is -0.359 e. The van der Waals surface area contributed by atoms with E-state index in [0.29, 0.717) is 0 Å². The van der Waals surface area contributed by atoms with Crippen molar-refractivity contribution in [2.24, 2.45) is 0 Å². The Hall–Kier alpha value is -1.06. The van der Waals surface area contributed by atoms with E-state index in [-0.39, 0.29) is 0 Å². The van der Waals surface area contributed by atoms with E-state index in [4.69, 9.17) is 0 Å². The molecule has 0 aliphatic heterocycles. The Kier molecular flexibility index (Phi) is 12.0. The Labute approximate surface area is 91.8 Å². The smallest absolute Gasteiger partial charge is 0.207 e. The Morgan fingerprint density at radius 2 is 0.933 bits per heavy atom. The zero-order chi connectivity index (χ0) is 11.2. The van der Waals surface area contributed by atoms with Crippen LogP contribution in [0.25, 0.3) is 0 Å². The average molecular weight is 214 g/mol. The van der Waals surface area contributed by atoms with Gasteiger partial charge in [0.15, 0.2) is 0 Å². The second-order valence-electron chi connectivity index (χ2n) is 3.62. The van der Waals surface area contributed by atoms with Crippen molar-refractivity contribution in [1.82, 2.24) is 10.6 Å². The molecule has 2 N–H and O–H groups in total. The maximum absolute atomic E-state index is 9.92. The topological polar surface area (TPSA) is 58.2 Å². The summed E-state index contributed by atoms with van der Waals surface area (Å²) in [5, 5.41) is 5.30. The van der Waals surface area contributed by atoms with Gasteiger partial charge in [-0.05, 0) is 12.8 Å². The van der Waals surface area contributed by atoms with Crippen LogP contribution < -0.4 is 10.6 Å². The molecule has 15 heavy (non-hydrogen) atoms. The van der Waals surface area contributed by atoms with Gasteiger partial charge < -0.3 is 10.6 Å². The van der Waals surface area contributed by atoms with Gasteiger partial charge in [-0.3, -0.25) is 9.59 Å². The Balaban J connectivity index is 2.86. The van der Waals surface area contributed by atoms with Crippen molar-refractivity contribution < 1.29 is 9.59 Å². The van der Waals surface area contributed by atoms with Gasteiger partial charge in [-0.2, -0.15) is 0 Å². The molecule has 0 unspecified atom stereocenters. The average Bonchev–Trinajstić information content (AvgIpc) is 2.26. The number of hydrogen-bond acceptors (Lipinski definition) is 2. The fraction of sp³-hybridized carbons (Fsp3) is 0.818. The summed E-state index contributed by atoms with van der Waals surface area (Å²) in [6, 6.07) is 0. The fourth-order valence-electron chi connectivity index (χ4n) is 1.46. The lowest BCUT2D eigenvalue weighted by atomic mass is 10.1. The van der Waals surface area contributed by atoms with E-state index in [2.05, 4.69) is 10.6 Å². The molecule has 0 atom stereocenters. The van der Waals surface area contributed by atoms with Crippen molar-refractivity contribution >= 4 is 12.8 Å². The lowest BCUT2D eigenvalue weighted by Gasteiger charge is -2.01. The minimum absolute atomic E-state index is 0.750. The van der Waals surface area contributed by atoms with Crippen LogP contribution in [0.5, 0.6) is 0 Å². The van der Waals surface area contributed by atoms with Gasteiger partial charge in [0.05, 0.1) is 0 Å². The molecule has 0 aromatic heterocycles. The minimum atomic E-state index is 0.750. The predicted octanol–water partition coefficient (Wildman–Crippen LogP) is 1.21. The molecule has 0 bridgehead atoms. The highest BCUT2D eigenvalue weighted by Crippen LogP contribution is 2.06. The standard InChI is InChI=1S/C11H22N2O2/c14-10-12-8-6-4-2-1-3-5-7-9-13-11-15/h10-11H,1-9H2,(H,12,14)(H,13,15). The van der Waals surface area contributed by atoms with Gasteiger partial charge in [0.2, 0.25) is 12.8 Å². The zero-order valence-corrected chi connectivity index (χ0v) is 9.34. The normalized spacial score (nSPS) is 9.60. The molecule has 4 nitrogen and oxygen atoms in total. The number of amides is 2. The van der Waals surface area contributed by atoms with Gasteiger partial charge in [0.1, 0.15) is 0 Å². The first-order valence-corrected chi connectivity index (χ1v) is 5.76. The van der Waals surface area contributed by atoms with E-state index < -0.39 is 0 Å². The number of carbonyl (C=O) groups excluding carboxylic acids is 2. The van der Waals surface area contributed by atoms with E-state index in [0.717, 1.165) is 38.8 Å². The quantitative estimate of drug-likeness (QED) is 0.379. The van der Waals surface area contributed by atoms with Crippen LogP contribution in [0.2, 0.25) is 0 Å². The number of rotatable bonds is 12. The van der Waals surface area contributed by atoms with Crippen LogP contribution in [-0.2, 0) is 9.59 Å². The summed E-state index contributed by atoms with van der Waals surface area (Å²) in [5.41, 5.74) is 0. The van der Waals surface area contributed by atoms with Crippen LogP contribution >= 0.6 is 0 Å². The predicted molar refractivity (Wildman–Crippen MR) is 60.5 cm³/mol. The van der Waals surface area contributed by atoms with Crippen LogP contribution in [0.4, 0.5) is 0 Å². The zero-order valence-electron chi connectivity index (χ0n) is 9.34. The van der Waals surface area contributed by atoms with Crippen molar-refractivity contribution in [3.05, 3.63) is 0 Å². The third-order valence-electron chi connectivity index (χ3n) is 2.31. The summed E-state index contributed by atoms with van der Waals surface area (Å²) in [6.45, 7) is 1.60. The number of carbonyl (C=O) groups is 2. The highest BCUT2D eigenvalue weighted by molar-refractivity contribution is 5.45. The maximum Gasteiger partial charge on any atom is 0.207 e. The summed E-state index contributed by atoms with van der Waals surface area (Å²) in [4.78, 5) is 19.8. The van der Waals surface area contributed by atoms with E-state index in [9.17, 15) is 9.59 Å². The highest BCUT2D eigenvalue weighted by Gasteiger charge is 1.91. The van der Waals surface area contributed by atoms with Crippen molar-refractivity contribution in [2.45, 2.75) is 44.9 Å². The largest absolute Gasteiger partial charge is 0.359 e. The SMILES string of the molecule is O=CNCCCCCCCCCNC=O. The lowest BCUT2D eigenvalue weighted by Crippen LogP contribution is -2.12. The molecule has 2 amide bonds. The summed E-state index contributed by atoms with van der Waals surface area (Å²) in [5.74, 6) is 0. The first-order chi connectivity index (χ1) is 7.41. The molecule has 0 saturated heterocycles. The van der Waals surface area contributed by atoms with E-state index in [1.165, 1.54) is 32.1 Å². The van der Waals surface area contributed by atoms with Gasteiger partial charge in [-0.1, -0.05) is 32.1 Å². The lowest BCUT2D eigenvalue weighted by molar-refractivity contribution is -0.110. The van der Waals surface area contributed by atoms with E-state index in [1.807, 2.05) is 0 Å². The molecule has 0 aromatic rings. The summed E-state index contributed by atoms with van der Waals surface area (Å²) >= 11 is 0. The molecule has 0 aliphatic rings. The monoisotopic (exact) mass is 214 g/mol. The highest BCUT2D eigenvalue weighted by atomic mass is 16.1. The Morgan fingerprint density at radius 1 is 0.600 bits per heavy atom. The van der Waals surface area contributed by atoms with Gasteiger partial charge in [-0.15, -0.1) is 0 Å². The molecule has 0 fully saturated rings. The van der Waals surface area contributed by atoms with Gasteiger partial charge in [-0.25, -0.2) is 0 Å². The molecule has 0 heterocycles. The van der Waals surface area contributed by atoms with Crippen molar-refractivity contribution in [3.63, 3.8) is 0 Å². The van der Waals surface area contributed by atoms with Crippen LogP contribution in [0, 0.1) is 0 Å². The van der Waals surface area contributed by atoms with Crippen LogP contribution in [0.1, 0.15) is 44.9 Å². The maximum atomic E-state index is 9.92. The molecule has 0 aliphatic carbocycles. The molecular weight excluding hydrogens is 192 g/mol. The third-order valence-corrected chi connectivity index (χ3v) is 2.31. The van der Waals surface area contributed by atoms with Gasteiger partial charge >= 0.3 is 0 Å². The van der Waals surface area contributed by atoms with Crippen LogP contribution in [-0.4, -0.2) is 25.9 Å². The third kappa shape index (κ3) is 12.9. The Bertz CT molecular complexity index is 136. The molecule has 0 aromatic carbocycles. The molecule has 0 spiro atoms. The first kappa shape index (κ1) is 13.9. The Morgan fingerprint density at radius 3 is 1.27 bits per heavy atom. The number of unbranched alkanes of at least 4 members (excludes halogenated alkanes) is 6. The van der Waals surface area contributed by atoms with E-state index in [1.54, 1.807) is 0 Å². The molecular formula is C11H22N2O2. The van der Waals surface area contributed by atoms with Crippen molar-refractivity contribution in [2.75, 3.05) is 13.1 Å². The summed E-state index contributed by atoms with van der Waals surface area (Å²) < 4.78 is 0. The number of nitrogens with one attached hydrogen (secondary N) is 2. The second-order valence-corrected chi connectivity index (χ2v) is 3.62. The second kappa shape index (κ2) is 12.9. The molecule has 0 radical (unpaired) electrons. The van der Waals surface area contributed by atoms with Crippen molar-refractivity contribution in [3.8, 4) is 0 Å². The fourth-order valence-corrected chi connectivity index (χ4v) is 1.46. The molecule has 4 heteroatoms. The van der Waals surface area contributed by atoms with Gasteiger partial charge in [0.25, 0.3) is 0 Å². The summed E-state index contributed by atoms with van der Waals surface area (Å²) in [6.07, 6.45) is 9.75.